The third-order valence-corrected chi connectivity index (χ3v) is 5.85. The molecule has 0 saturated carbocycles. The summed E-state index contributed by atoms with van der Waals surface area (Å²) in [6.45, 7) is 2.03. The highest BCUT2D eigenvalue weighted by molar-refractivity contribution is 8.14. The fourth-order valence-electron chi connectivity index (χ4n) is 2.87. The molecule has 4 nitrogen and oxygen atoms in total. The van der Waals surface area contributed by atoms with Crippen LogP contribution in [-0.2, 0) is 11.2 Å². The molecule has 1 amide bonds. The van der Waals surface area contributed by atoms with E-state index in [0.29, 0.717) is 5.17 Å². The van der Waals surface area contributed by atoms with E-state index in [-0.39, 0.29) is 29.0 Å². The first-order valence-corrected chi connectivity index (χ1v) is 10.00. The SMILES string of the molecule is CC[C@@H]1CSC(=Nc2ccc(OC)cc2)N1C(=O)Cc1c(F)cccc1Cl. The molecule has 1 heterocycles. The van der Waals surface area contributed by atoms with Crippen molar-refractivity contribution in [1.82, 2.24) is 4.90 Å². The van der Waals surface area contributed by atoms with Gasteiger partial charge in [-0.25, -0.2) is 9.38 Å². The van der Waals surface area contributed by atoms with Crippen molar-refractivity contribution in [3.63, 3.8) is 0 Å². The minimum Gasteiger partial charge on any atom is -0.497 e. The molecule has 1 saturated heterocycles. The maximum absolute atomic E-state index is 14.1. The number of methoxy groups -OCH3 is 1. The first kappa shape index (κ1) is 19.7. The van der Waals surface area contributed by atoms with Gasteiger partial charge in [0.05, 0.1) is 19.2 Å². The van der Waals surface area contributed by atoms with Crippen LogP contribution in [0, 0.1) is 5.82 Å². The molecule has 0 bridgehead atoms. The van der Waals surface area contributed by atoms with Crippen LogP contribution >= 0.6 is 23.4 Å². The highest BCUT2D eigenvalue weighted by Gasteiger charge is 2.34. The van der Waals surface area contributed by atoms with E-state index in [1.165, 1.54) is 23.9 Å². The van der Waals surface area contributed by atoms with Gasteiger partial charge < -0.3 is 4.74 Å². The molecule has 27 heavy (non-hydrogen) atoms. The maximum atomic E-state index is 14.1. The van der Waals surface area contributed by atoms with Crippen molar-refractivity contribution < 1.29 is 13.9 Å². The lowest BCUT2D eigenvalue weighted by Gasteiger charge is -2.23. The third kappa shape index (κ3) is 4.45. The highest BCUT2D eigenvalue weighted by Crippen LogP contribution is 2.31. The molecule has 0 spiro atoms. The number of carbonyl (C=O) groups excluding carboxylic acids is 1. The lowest BCUT2D eigenvalue weighted by molar-refractivity contribution is -0.127. The molecule has 1 aliphatic heterocycles. The fourth-order valence-corrected chi connectivity index (χ4v) is 4.39. The van der Waals surface area contributed by atoms with E-state index in [1.807, 2.05) is 31.2 Å². The predicted octanol–water partition coefficient (Wildman–Crippen LogP) is 5.07. The Balaban J connectivity index is 1.86. The topological polar surface area (TPSA) is 41.9 Å². The number of carbonyl (C=O) groups is 1. The first-order chi connectivity index (χ1) is 13.0. The normalized spacial score (nSPS) is 18.1. The Morgan fingerprint density at radius 3 is 2.70 bits per heavy atom. The van der Waals surface area contributed by atoms with Crippen molar-refractivity contribution in [3.8, 4) is 5.75 Å². The Morgan fingerprint density at radius 1 is 1.33 bits per heavy atom. The second kappa shape index (κ2) is 8.76. The van der Waals surface area contributed by atoms with Crippen molar-refractivity contribution >= 4 is 40.1 Å². The molecule has 0 radical (unpaired) electrons. The van der Waals surface area contributed by atoms with Crippen molar-refractivity contribution in [3.05, 3.63) is 58.9 Å². The van der Waals surface area contributed by atoms with Crippen molar-refractivity contribution in [2.45, 2.75) is 25.8 Å². The molecule has 0 N–H and O–H groups in total. The number of amidine groups is 1. The summed E-state index contributed by atoms with van der Waals surface area (Å²) in [5.74, 6) is 0.837. The number of hydrogen-bond acceptors (Lipinski definition) is 4. The van der Waals surface area contributed by atoms with E-state index >= 15 is 0 Å². The number of rotatable bonds is 5. The average molecular weight is 407 g/mol. The van der Waals surface area contributed by atoms with Gasteiger partial charge in [-0.2, -0.15) is 0 Å². The summed E-state index contributed by atoms with van der Waals surface area (Å²) in [7, 11) is 1.60. The third-order valence-electron chi connectivity index (χ3n) is 4.40. The zero-order valence-corrected chi connectivity index (χ0v) is 16.7. The number of nitrogens with zero attached hydrogens (tertiary/aromatic N) is 2. The van der Waals surface area contributed by atoms with E-state index in [9.17, 15) is 9.18 Å². The molecule has 1 aliphatic rings. The van der Waals surface area contributed by atoms with Crippen LogP contribution in [-0.4, -0.2) is 34.9 Å². The molecule has 0 aliphatic carbocycles. The molecule has 142 valence electrons. The van der Waals surface area contributed by atoms with Crippen molar-refractivity contribution in [2.24, 2.45) is 4.99 Å². The summed E-state index contributed by atoms with van der Waals surface area (Å²) in [6, 6.07) is 11.8. The lowest BCUT2D eigenvalue weighted by Crippen LogP contribution is -2.40. The van der Waals surface area contributed by atoms with Crippen molar-refractivity contribution in [1.29, 1.82) is 0 Å². The Bertz CT molecular complexity index is 837. The first-order valence-electron chi connectivity index (χ1n) is 8.64. The van der Waals surface area contributed by atoms with Gasteiger partial charge in [-0.05, 0) is 42.8 Å². The largest absolute Gasteiger partial charge is 0.497 e. The number of hydrogen-bond donors (Lipinski definition) is 0. The Kier molecular flexibility index (Phi) is 6.39. The van der Waals surface area contributed by atoms with Crippen LogP contribution in [0.1, 0.15) is 18.9 Å². The number of amides is 1. The monoisotopic (exact) mass is 406 g/mol. The quantitative estimate of drug-likeness (QED) is 0.696. The smallest absolute Gasteiger partial charge is 0.233 e. The maximum Gasteiger partial charge on any atom is 0.233 e. The number of aliphatic imine (C=N–C) groups is 1. The van der Waals surface area contributed by atoms with Gasteiger partial charge >= 0.3 is 0 Å². The summed E-state index contributed by atoms with van der Waals surface area (Å²) >= 11 is 7.62. The van der Waals surface area contributed by atoms with Gasteiger partial charge in [0, 0.05) is 22.4 Å². The average Bonchev–Trinajstić information content (AvgIpc) is 3.08. The van der Waals surface area contributed by atoms with E-state index < -0.39 is 5.82 Å². The Labute approximate surface area is 167 Å². The standard InChI is InChI=1S/C20H20ClFN2O2S/c1-3-14-12-27-20(23-13-7-9-15(26-2)10-8-13)24(14)19(25)11-16-17(21)5-4-6-18(16)22/h4-10,14H,3,11-12H2,1-2H3/t14-/m1/s1. The molecule has 0 aromatic heterocycles. The zero-order valence-electron chi connectivity index (χ0n) is 15.1. The number of halogens is 2. The van der Waals surface area contributed by atoms with Gasteiger partial charge in [0.15, 0.2) is 5.17 Å². The molecule has 2 aromatic carbocycles. The van der Waals surface area contributed by atoms with Crippen LogP contribution in [0.3, 0.4) is 0 Å². The van der Waals surface area contributed by atoms with Crippen LogP contribution in [0.25, 0.3) is 0 Å². The fraction of sp³-hybridized carbons (Fsp3) is 0.300. The summed E-state index contributed by atoms with van der Waals surface area (Å²) in [5, 5.41) is 0.890. The minimum absolute atomic E-state index is 0.0325. The highest BCUT2D eigenvalue weighted by atomic mass is 35.5. The molecule has 7 heteroatoms. The molecular weight excluding hydrogens is 387 g/mol. The van der Waals surface area contributed by atoms with Crippen LogP contribution in [0.15, 0.2) is 47.5 Å². The van der Waals surface area contributed by atoms with Crippen LogP contribution in [0.5, 0.6) is 5.75 Å². The van der Waals surface area contributed by atoms with E-state index in [1.54, 1.807) is 18.1 Å². The molecule has 0 unspecified atom stereocenters. The molecular formula is C20H20ClFN2O2S. The van der Waals surface area contributed by atoms with E-state index in [4.69, 9.17) is 16.3 Å². The van der Waals surface area contributed by atoms with Gasteiger partial charge in [0.2, 0.25) is 5.91 Å². The van der Waals surface area contributed by atoms with Gasteiger partial charge in [0.1, 0.15) is 11.6 Å². The summed E-state index contributed by atoms with van der Waals surface area (Å²) in [5.41, 5.74) is 0.955. The summed E-state index contributed by atoms with van der Waals surface area (Å²) < 4.78 is 19.2. The summed E-state index contributed by atoms with van der Waals surface area (Å²) in [4.78, 5) is 19.3. The van der Waals surface area contributed by atoms with Crippen LogP contribution in [0.4, 0.5) is 10.1 Å². The number of thioether (sulfide) groups is 1. The summed E-state index contributed by atoms with van der Waals surface area (Å²) in [6.07, 6.45) is 0.704. The molecule has 1 fully saturated rings. The number of ether oxygens (including phenoxy) is 1. The second-order valence-electron chi connectivity index (χ2n) is 6.11. The lowest BCUT2D eigenvalue weighted by atomic mass is 10.1. The predicted molar refractivity (Wildman–Crippen MR) is 109 cm³/mol. The van der Waals surface area contributed by atoms with E-state index in [0.717, 1.165) is 23.6 Å². The van der Waals surface area contributed by atoms with Crippen LogP contribution in [0.2, 0.25) is 5.02 Å². The van der Waals surface area contributed by atoms with Gasteiger partial charge in [-0.15, -0.1) is 0 Å². The molecule has 2 aromatic rings. The van der Waals surface area contributed by atoms with Crippen LogP contribution < -0.4 is 4.74 Å². The Morgan fingerprint density at radius 2 is 2.07 bits per heavy atom. The minimum atomic E-state index is -0.468. The van der Waals surface area contributed by atoms with Gasteiger partial charge in [0.25, 0.3) is 0 Å². The second-order valence-corrected chi connectivity index (χ2v) is 7.50. The molecule has 1 atom stereocenters. The Hall–Kier alpha value is -2.05. The van der Waals surface area contributed by atoms with Gasteiger partial charge in [-0.3, -0.25) is 9.69 Å². The molecule has 3 rings (SSSR count). The zero-order chi connectivity index (χ0) is 19.4. The number of benzene rings is 2. The van der Waals surface area contributed by atoms with E-state index in [2.05, 4.69) is 4.99 Å². The van der Waals surface area contributed by atoms with Crippen molar-refractivity contribution in [2.75, 3.05) is 12.9 Å². The van der Waals surface area contributed by atoms with Gasteiger partial charge in [-0.1, -0.05) is 36.4 Å².